The van der Waals surface area contributed by atoms with Gasteiger partial charge in [-0.05, 0) is 67.5 Å². The van der Waals surface area contributed by atoms with Gasteiger partial charge in [0.1, 0.15) is 0 Å². The highest BCUT2D eigenvalue weighted by atomic mass is 16.2. The number of anilines is 1. The molecule has 0 radical (unpaired) electrons. The van der Waals surface area contributed by atoms with Crippen LogP contribution in [0.2, 0.25) is 0 Å². The predicted molar refractivity (Wildman–Crippen MR) is 120 cm³/mol. The van der Waals surface area contributed by atoms with Crippen LogP contribution < -0.4 is 16.4 Å². The lowest BCUT2D eigenvalue weighted by molar-refractivity contribution is 0.184. The predicted octanol–water partition coefficient (Wildman–Crippen LogP) is 3.58. The van der Waals surface area contributed by atoms with Gasteiger partial charge in [-0.2, -0.15) is 0 Å². The number of aryl methyl sites for hydroxylation is 1. The van der Waals surface area contributed by atoms with Gasteiger partial charge in [-0.15, -0.1) is 0 Å². The van der Waals surface area contributed by atoms with Crippen LogP contribution >= 0.6 is 0 Å². The Balaban J connectivity index is 1.36. The van der Waals surface area contributed by atoms with Crippen LogP contribution in [0.3, 0.4) is 0 Å². The van der Waals surface area contributed by atoms with Gasteiger partial charge in [-0.3, -0.25) is 0 Å². The lowest BCUT2D eigenvalue weighted by Gasteiger charge is -2.33. The number of nitrogens with two attached hydrogens (primary N) is 1. The molecule has 4 N–H and O–H groups in total. The first-order valence-corrected chi connectivity index (χ1v) is 10.8. The van der Waals surface area contributed by atoms with E-state index in [1.807, 2.05) is 4.90 Å². The van der Waals surface area contributed by atoms with Gasteiger partial charge in [0, 0.05) is 31.4 Å². The van der Waals surface area contributed by atoms with E-state index in [1.165, 1.54) is 16.7 Å². The van der Waals surface area contributed by atoms with Crippen molar-refractivity contribution in [2.75, 3.05) is 31.5 Å². The van der Waals surface area contributed by atoms with Gasteiger partial charge in [0.05, 0.1) is 0 Å². The molecule has 0 spiro atoms. The third kappa shape index (κ3) is 6.50. The lowest BCUT2D eigenvalue weighted by atomic mass is 10.0. The zero-order valence-electron chi connectivity index (χ0n) is 17.5. The smallest absolute Gasteiger partial charge is 0.317 e. The summed E-state index contributed by atoms with van der Waals surface area (Å²) in [4.78, 5) is 14.4. The largest absolute Gasteiger partial charge is 0.382 e. The van der Waals surface area contributed by atoms with E-state index in [9.17, 15) is 4.79 Å². The third-order valence-electron chi connectivity index (χ3n) is 5.66. The molecule has 0 unspecified atom stereocenters. The molecule has 2 aromatic carbocycles. The minimum absolute atomic E-state index is 0.0553. The van der Waals surface area contributed by atoms with Crippen molar-refractivity contribution in [1.82, 2.24) is 10.2 Å². The van der Waals surface area contributed by atoms with Gasteiger partial charge in [-0.25, -0.2) is 4.79 Å². The van der Waals surface area contributed by atoms with E-state index in [-0.39, 0.29) is 6.03 Å². The number of rotatable bonds is 8. The fourth-order valence-electron chi connectivity index (χ4n) is 3.76. The lowest BCUT2D eigenvalue weighted by Crippen LogP contribution is -2.47. The highest BCUT2D eigenvalue weighted by molar-refractivity contribution is 5.74. The van der Waals surface area contributed by atoms with Crippen molar-refractivity contribution in [3.8, 4) is 0 Å². The van der Waals surface area contributed by atoms with Crippen molar-refractivity contribution in [3.05, 3.63) is 65.2 Å². The minimum atomic E-state index is 0.0553. The number of hydrogen-bond donors (Lipinski definition) is 3. The molecule has 0 aliphatic carbocycles. The summed E-state index contributed by atoms with van der Waals surface area (Å²) in [5, 5.41) is 6.66. The Labute approximate surface area is 174 Å². The van der Waals surface area contributed by atoms with E-state index >= 15 is 0 Å². The maximum absolute atomic E-state index is 12.4. The third-order valence-corrected chi connectivity index (χ3v) is 5.66. The molecule has 0 saturated carbocycles. The number of piperidine rings is 1. The fraction of sp³-hybridized carbons (Fsp3) is 0.458. The molecule has 2 amide bonds. The van der Waals surface area contributed by atoms with Crippen molar-refractivity contribution >= 4 is 11.7 Å². The first kappa shape index (κ1) is 21.2. The van der Waals surface area contributed by atoms with Gasteiger partial charge in [0.2, 0.25) is 0 Å². The highest BCUT2D eigenvalue weighted by Crippen LogP contribution is 2.17. The summed E-state index contributed by atoms with van der Waals surface area (Å²) in [6, 6.07) is 17.6. The molecule has 0 aromatic heterocycles. The summed E-state index contributed by atoms with van der Waals surface area (Å²) in [6.45, 7) is 5.10. The van der Waals surface area contributed by atoms with Gasteiger partial charge in [0.25, 0.3) is 0 Å². The fourth-order valence-corrected chi connectivity index (χ4v) is 3.76. The Kier molecular flexibility index (Phi) is 7.94. The van der Waals surface area contributed by atoms with Crippen LogP contribution in [0.1, 0.15) is 36.5 Å². The first-order chi connectivity index (χ1) is 14.2. The molecule has 1 aliphatic heterocycles. The Hall–Kier alpha value is -2.53. The van der Waals surface area contributed by atoms with Crippen molar-refractivity contribution in [1.29, 1.82) is 0 Å². The Morgan fingerprint density at radius 1 is 0.966 bits per heavy atom. The number of carbonyl (C=O) groups is 1. The highest BCUT2D eigenvalue weighted by Gasteiger charge is 2.22. The second kappa shape index (κ2) is 10.9. The zero-order valence-corrected chi connectivity index (χ0v) is 17.5. The van der Waals surface area contributed by atoms with E-state index in [1.54, 1.807) is 0 Å². The normalized spacial score (nSPS) is 14.6. The maximum Gasteiger partial charge on any atom is 0.317 e. The maximum atomic E-state index is 12.4. The van der Waals surface area contributed by atoms with Crippen LogP contribution in [-0.2, 0) is 19.3 Å². The zero-order chi connectivity index (χ0) is 20.5. The van der Waals surface area contributed by atoms with Crippen LogP contribution in [0, 0.1) is 0 Å². The van der Waals surface area contributed by atoms with Crippen LogP contribution in [0.5, 0.6) is 0 Å². The second-order valence-corrected chi connectivity index (χ2v) is 7.79. The van der Waals surface area contributed by atoms with E-state index in [2.05, 4.69) is 66.1 Å². The van der Waals surface area contributed by atoms with Crippen LogP contribution in [0.25, 0.3) is 0 Å². The van der Waals surface area contributed by atoms with Crippen molar-refractivity contribution in [3.63, 3.8) is 0 Å². The summed E-state index contributed by atoms with van der Waals surface area (Å²) < 4.78 is 0. The number of carbonyl (C=O) groups excluding carboxylic acids is 1. The SMILES string of the molecule is CCc1ccc(CCNC(=O)N2CCC(Nc3ccc(CCN)cc3)CC2)cc1. The molecule has 3 rings (SSSR count). The molecular formula is C24H34N4O. The molecular weight excluding hydrogens is 360 g/mol. The van der Waals surface area contributed by atoms with E-state index < -0.39 is 0 Å². The molecule has 5 nitrogen and oxygen atoms in total. The number of amides is 2. The molecule has 5 heteroatoms. The number of urea groups is 1. The molecule has 1 saturated heterocycles. The van der Waals surface area contributed by atoms with Gasteiger partial charge in [-0.1, -0.05) is 43.3 Å². The first-order valence-electron chi connectivity index (χ1n) is 10.8. The molecule has 1 aliphatic rings. The quantitative estimate of drug-likeness (QED) is 0.641. The monoisotopic (exact) mass is 394 g/mol. The Morgan fingerprint density at radius 3 is 2.17 bits per heavy atom. The average Bonchev–Trinajstić information content (AvgIpc) is 2.76. The van der Waals surface area contributed by atoms with E-state index in [0.29, 0.717) is 19.1 Å². The molecule has 2 aromatic rings. The van der Waals surface area contributed by atoms with Crippen LogP contribution in [0.15, 0.2) is 48.5 Å². The topological polar surface area (TPSA) is 70.4 Å². The van der Waals surface area contributed by atoms with Gasteiger partial charge < -0.3 is 21.3 Å². The number of benzene rings is 2. The average molecular weight is 395 g/mol. The number of likely N-dealkylation sites (tertiary alicyclic amines) is 1. The Morgan fingerprint density at radius 2 is 1.55 bits per heavy atom. The summed E-state index contributed by atoms with van der Waals surface area (Å²) in [7, 11) is 0. The van der Waals surface area contributed by atoms with Gasteiger partial charge in [0.15, 0.2) is 0 Å². The molecule has 1 heterocycles. The van der Waals surface area contributed by atoms with E-state index in [4.69, 9.17) is 5.73 Å². The summed E-state index contributed by atoms with van der Waals surface area (Å²) in [6.07, 6.45) is 4.78. The van der Waals surface area contributed by atoms with E-state index in [0.717, 1.165) is 50.9 Å². The number of nitrogens with zero attached hydrogens (tertiary/aromatic N) is 1. The molecule has 29 heavy (non-hydrogen) atoms. The van der Waals surface area contributed by atoms with Crippen LogP contribution in [-0.4, -0.2) is 43.2 Å². The molecule has 0 bridgehead atoms. The van der Waals surface area contributed by atoms with Crippen molar-refractivity contribution in [2.45, 2.75) is 45.1 Å². The summed E-state index contributed by atoms with van der Waals surface area (Å²) in [5.41, 5.74) is 10.6. The summed E-state index contributed by atoms with van der Waals surface area (Å²) in [5.74, 6) is 0. The molecule has 1 fully saturated rings. The number of hydrogen-bond acceptors (Lipinski definition) is 3. The second-order valence-electron chi connectivity index (χ2n) is 7.79. The summed E-state index contributed by atoms with van der Waals surface area (Å²) >= 11 is 0. The van der Waals surface area contributed by atoms with Crippen LogP contribution in [0.4, 0.5) is 10.5 Å². The molecule has 0 atom stereocenters. The Bertz CT molecular complexity index is 749. The van der Waals surface area contributed by atoms with Gasteiger partial charge >= 0.3 is 6.03 Å². The minimum Gasteiger partial charge on any atom is -0.382 e. The molecule has 156 valence electrons. The standard InChI is InChI=1S/C24H34N4O/c1-2-19-3-5-21(6-4-19)12-16-26-24(29)28-17-13-23(14-18-28)27-22-9-7-20(8-10-22)11-15-25/h3-10,23,27H,2,11-18,25H2,1H3,(H,26,29). The number of nitrogens with one attached hydrogen (secondary N) is 2. The van der Waals surface area contributed by atoms with Crippen molar-refractivity contribution < 1.29 is 4.79 Å². The van der Waals surface area contributed by atoms with Crippen molar-refractivity contribution in [2.24, 2.45) is 5.73 Å².